The van der Waals surface area contributed by atoms with E-state index in [1.165, 1.54) is 36.9 Å². The number of halogens is 3. The lowest BCUT2D eigenvalue weighted by Crippen LogP contribution is -2.44. The molecule has 1 atom stereocenters. The molecule has 32 heavy (non-hydrogen) atoms. The van der Waals surface area contributed by atoms with E-state index in [0.717, 1.165) is 17.4 Å². The fourth-order valence-corrected chi connectivity index (χ4v) is 4.50. The highest BCUT2D eigenvalue weighted by Gasteiger charge is 2.29. The summed E-state index contributed by atoms with van der Waals surface area (Å²) in [5.74, 6) is 0.0319. The summed E-state index contributed by atoms with van der Waals surface area (Å²) in [6, 6.07) is 6.11. The number of aromatic nitrogens is 3. The average Bonchev–Trinajstić information content (AvgIpc) is 3.07. The Morgan fingerprint density at radius 3 is 2.62 bits per heavy atom. The Labute approximate surface area is 194 Å². The summed E-state index contributed by atoms with van der Waals surface area (Å²) in [7, 11) is 2.91. The van der Waals surface area contributed by atoms with Gasteiger partial charge in [-0.05, 0) is 36.6 Å². The normalized spacial score (nSPS) is 16.1. The van der Waals surface area contributed by atoms with Crippen LogP contribution in [0.25, 0.3) is 11.0 Å². The molecule has 0 unspecified atom stereocenters. The molecule has 0 spiro atoms. The molecule has 0 aliphatic carbocycles. The van der Waals surface area contributed by atoms with Gasteiger partial charge in [0.2, 0.25) is 0 Å². The third-order valence-electron chi connectivity index (χ3n) is 5.83. The first kappa shape index (κ1) is 23.9. The number of benzene rings is 1. The van der Waals surface area contributed by atoms with E-state index in [9.17, 15) is 19.2 Å². The predicted molar refractivity (Wildman–Crippen MR) is 124 cm³/mol. The van der Waals surface area contributed by atoms with E-state index in [0.29, 0.717) is 29.5 Å². The van der Waals surface area contributed by atoms with Crippen LogP contribution in [0.15, 0.2) is 27.8 Å². The minimum Gasteiger partial charge on any atom is -0.355 e. The molecule has 2 N–H and O–H groups in total. The first-order chi connectivity index (χ1) is 14.7. The fraction of sp³-hybridized carbons (Fsp3) is 0.381. The Morgan fingerprint density at radius 2 is 1.97 bits per heavy atom. The maximum absolute atomic E-state index is 13.9. The molecule has 0 amide bonds. The summed E-state index contributed by atoms with van der Waals surface area (Å²) >= 11 is 6.31. The molecular weight excluding hydrogens is 458 g/mol. The largest absolute Gasteiger partial charge is 0.355 e. The van der Waals surface area contributed by atoms with Crippen molar-refractivity contribution in [3.05, 3.63) is 61.0 Å². The Balaban J connectivity index is 0.00000289. The molecule has 1 aliphatic rings. The second kappa shape index (κ2) is 8.98. The van der Waals surface area contributed by atoms with Crippen LogP contribution in [0.3, 0.4) is 0 Å². The van der Waals surface area contributed by atoms with E-state index in [1.54, 1.807) is 4.57 Å². The van der Waals surface area contributed by atoms with Crippen LogP contribution in [0.5, 0.6) is 0 Å². The Bertz CT molecular complexity index is 1350. The molecule has 0 saturated carbocycles. The highest BCUT2D eigenvalue weighted by molar-refractivity contribution is 6.31. The molecular formula is C21H23Cl2FN6O2. The van der Waals surface area contributed by atoms with Crippen LogP contribution >= 0.6 is 24.0 Å². The summed E-state index contributed by atoms with van der Waals surface area (Å²) in [4.78, 5) is 27.7. The summed E-state index contributed by atoms with van der Waals surface area (Å²) in [5, 5.41) is 10.4. The van der Waals surface area contributed by atoms with Gasteiger partial charge < -0.3 is 15.2 Å². The maximum Gasteiger partial charge on any atom is 0.331 e. The molecule has 3 heterocycles. The van der Waals surface area contributed by atoms with Gasteiger partial charge in [-0.15, -0.1) is 12.4 Å². The van der Waals surface area contributed by atoms with E-state index in [4.69, 9.17) is 17.3 Å². The number of nitrogens with zero attached hydrogens (tertiary/aromatic N) is 5. The SMILES string of the molecule is Cl.Cn1c(=O)c2c(c(C#N)c(N3CCC[C@@H](N)C3)n2Cc2cc(F)ccc2Cl)n(C)c1=O. The Morgan fingerprint density at radius 1 is 1.25 bits per heavy atom. The minimum atomic E-state index is -0.533. The van der Waals surface area contributed by atoms with Crippen LogP contribution in [0.2, 0.25) is 5.02 Å². The van der Waals surface area contributed by atoms with E-state index in [1.807, 2.05) is 4.90 Å². The van der Waals surface area contributed by atoms with Crippen molar-refractivity contribution in [2.75, 3.05) is 18.0 Å². The third kappa shape index (κ3) is 3.79. The van der Waals surface area contributed by atoms with Crippen LogP contribution in [-0.2, 0) is 20.6 Å². The maximum atomic E-state index is 13.9. The van der Waals surface area contributed by atoms with Crippen LogP contribution in [0, 0.1) is 17.1 Å². The van der Waals surface area contributed by atoms with Gasteiger partial charge in [0.05, 0.1) is 12.1 Å². The van der Waals surface area contributed by atoms with Crippen molar-refractivity contribution in [1.82, 2.24) is 13.7 Å². The van der Waals surface area contributed by atoms with Crippen LogP contribution < -0.4 is 21.9 Å². The second-order valence-electron chi connectivity index (χ2n) is 7.88. The number of nitriles is 1. The van der Waals surface area contributed by atoms with E-state index in [2.05, 4.69) is 6.07 Å². The quantitative estimate of drug-likeness (QED) is 0.618. The summed E-state index contributed by atoms with van der Waals surface area (Å²) < 4.78 is 17.9. The number of nitrogens with two attached hydrogens (primary N) is 1. The number of fused-ring (bicyclic) bond motifs is 1. The first-order valence-corrected chi connectivity index (χ1v) is 10.3. The molecule has 170 valence electrons. The van der Waals surface area contributed by atoms with Crippen molar-refractivity contribution in [3.8, 4) is 6.07 Å². The third-order valence-corrected chi connectivity index (χ3v) is 6.20. The number of rotatable bonds is 3. The molecule has 4 rings (SSSR count). The summed E-state index contributed by atoms with van der Waals surface area (Å²) in [5.41, 5.74) is 6.23. The molecule has 1 aliphatic heterocycles. The van der Waals surface area contributed by atoms with Gasteiger partial charge in [-0.25, -0.2) is 9.18 Å². The molecule has 8 nitrogen and oxygen atoms in total. The van der Waals surface area contributed by atoms with Gasteiger partial charge in [0.15, 0.2) is 0 Å². The van der Waals surface area contributed by atoms with Gasteiger partial charge in [0, 0.05) is 38.2 Å². The van der Waals surface area contributed by atoms with Crippen molar-refractivity contribution >= 4 is 40.9 Å². The Kier molecular flexibility index (Phi) is 6.69. The molecule has 0 radical (unpaired) electrons. The molecule has 1 saturated heterocycles. The fourth-order valence-electron chi connectivity index (χ4n) is 4.33. The zero-order chi connectivity index (χ0) is 22.4. The lowest BCUT2D eigenvalue weighted by molar-refractivity contribution is 0.498. The van der Waals surface area contributed by atoms with Crippen molar-refractivity contribution in [1.29, 1.82) is 5.26 Å². The van der Waals surface area contributed by atoms with E-state index < -0.39 is 17.1 Å². The van der Waals surface area contributed by atoms with Gasteiger partial charge in [-0.2, -0.15) is 5.26 Å². The van der Waals surface area contributed by atoms with Crippen molar-refractivity contribution in [3.63, 3.8) is 0 Å². The van der Waals surface area contributed by atoms with Crippen LogP contribution in [-0.4, -0.2) is 32.8 Å². The lowest BCUT2D eigenvalue weighted by atomic mass is 10.1. The van der Waals surface area contributed by atoms with Gasteiger partial charge in [0.25, 0.3) is 5.56 Å². The van der Waals surface area contributed by atoms with Crippen molar-refractivity contribution in [2.45, 2.75) is 25.4 Å². The summed E-state index contributed by atoms with van der Waals surface area (Å²) in [6.07, 6.45) is 1.68. The van der Waals surface area contributed by atoms with Crippen molar-refractivity contribution < 1.29 is 4.39 Å². The zero-order valence-electron chi connectivity index (χ0n) is 17.6. The van der Waals surface area contributed by atoms with Gasteiger partial charge in [0.1, 0.15) is 28.8 Å². The number of piperidine rings is 1. The highest BCUT2D eigenvalue weighted by Crippen LogP contribution is 2.33. The van der Waals surface area contributed by atoms with Gasteiger partial charge >= 0.3 is 5.69 Å². The molecule has 11 heteroatoms. The molecule has 3 aromatic rings. The monoisotopic (exact) mass is 480 g/mol. The number of hydrogen-bond donors (Lipinski definition) is 1. The first-order valence-electron chi connectivity index (χ1n) is 9.91. The van der Waals surface area contributed by atoms with Crippen molar-refractivity contribution in [2.24, 2.45) is 19.8 Å². The standard InChI is InChI=1S/C21H22ClFN6O2.ClH/c1-26-17-15(9-24)19(28-7-3-4-14(25)11-28)29(18(17)20(30)27(2)21(26)31)10-12-8-13(23)5-6-16(12)22;/h5-6,8,14H,3-4,7,10-11,25H2,1-2H3;1H/t14-;/m1./s1. The van der Waals surface area contributed by atoms with E-state index >= 15 is 0 Å². The number of anilines is 1. The topological polar surface area (TPSA) is 102 Å². The Hall–Kier alpha value is -2.80. The highest BCUT2D eigenvalue weighted by atomic mass is 35.5. The zero-order valence-corrected chi connectivity index (χ0v) is 19.2. The second-order valence-corrected chi connectivity index (χ2v) is 8.29. The van der Waals surface area contributed by atoms with E-state index in [-0.39, 0.29) is 41.6 Å². The molecule has 1 fully saturated rings. The van der Waals surface area contributed by atoms with Gasteiger partial charge in [-0.1, -0.05) is 11.6 Å². The molecule has 0 bridgehead atoms. The number of aryl methyl sites for hydroxylation is 1. The smallest absolute Gasteiger partial charge is 0.331 e. The minimum absolute atomic E-state index is 0. The van der Waals surface area contributed by atoms with Crippen LogP contribution in [0.4, 0.5) is 10.2 Å². The van der Waals surface area contributed by atoms with Crippen LogP contribution in [0.1, 0.15) is 24.0 Å². The molecule has 2 aromatic heterocycles. The summed E-state index contributed by atoms with van der Waals surface area (Å²) in [6.45, 7) is 1.20. The number of hydrogen-bond acceptors (Lipinski definition) is 5. The molecule has 1 aromatic carbocycles. The van der Waals surface area contributed by atoms with Gasteiger partial charge in [-0.3, -0.25) is 13.9 Å². The average molecular weight is 481 g/mol. The lowest BCUT2D eigenvalue weighted by Gasteiger charge is -2.33. The predicted octanol–water partition coefficient (Wildman–Crippen LogP) is 2.10.